The maximum absolute atomic E-state index is 11.1. The smallest absolute Gasteiger partial charge is 0.311 e. The molecule has 1 aromatic rings. The molecular formula is C11H10O5. The molecule has 2 N–H and O–H groups in total. The van der Waals surface area contributed by atoms with Crippen LogP contribution in [0.2, 0.25) is 0 Å². The molecule has 1 saturated heterocycles. The second-order valence-corrected chi connectivity index (χ2v) is 3.65. The van der Waals surface area contributed by atoms with Crippen molar-refractivity contribution >= 4 is 11.9 Å². The zero-order valence-corrected chi connectivity index (χ0v) is 8.29. The molecule has 1 fully saturated rings. The van der Waals surface area contributed by atoms with Crippen molar-refractivity contribution in [3.8, 4) is 5.75 Å². The SMILES string of the molecule is O=C1C[C@H](C(=O)O)[C@@H](c2ccc(O)cc2)O1. The third kappa shape index (κ3) is 1.84. The molecule has 0 aliphatic carbocycles. The van der Waals surface area contributed by atoms with Gasteiger partial charge in [0.1, 0.15) is 17.8 Å². The van der Waals surface area contributed by atoms with E-state index in [0.29, 0.717) is 5.56 Å². The molecule has 0 saturated carbocycles. The van der Waals surface area contributed by atoms with E-state index in [9.17, 15) is 9.59 Å². The molecule has 0 unspecified atom stereocenters. The summed E-state index contributed by atoms with van der Waals surface area (Å²) >= 11 is 0. The van der Waals surface area contributed by atoms with E-state index in [1.807, 2.05) is 0 Å². The molecule has 16 heavy (non-hydrogen) atoms. The fraction of sp³-hybridized carbons (Fsp3) is 0.273. The summed E-state index contributed by atoms with van der Waals surface area (Å²) in [5.74, 6) is -2.33. The van der Waals surface area contributed by atoms with E-state index in [4.69, 9.17) is 14.9 Å². The van der Waals surface area contributed by atoms with E-state index >= 15 is 0 Å². The monoisotopic (exact) mass is 222 g/mol. The molecule has 0 radical (unpaired) electrons. The molecular weight excluding hydrogens is 212 g/mol. The second-order valence-electron chi connectivity index (χ2n) is 3.65. The van der Waals surface area contributed by atoms with Crippen LogP contribution in [0.15, 0.2) is 24.3 Å². The Balaban J connectivity index is 2.28. The zero-order chi connectivity index (χ0) is 11.7. The highest BCUT2D eigenvalue weighted by atomic mass is 16.6. The Morgan fingerprint density at radius 1 is 1.31 bits per heavy atom. The van der Waals surface area contributed by atoms with Gasteiger partial charge in [0.15, 0.2) is 0 Å². The Kier molecular flexibility index (Phi) is 2.52. The molecule has 1 aliphatic heterocycles. The van der Waals surface area contributed by atoms with Crippen LogP contribution in [0.1, 0.15) is 18.1 Å². The largest absolute Gasteiger partial charge is 0.508 e. The number of carbonyl (C=O) groups is 2. The van der Waals surface area contributed by atoms with Gasteiger partial charge in [-0.25, -0.2) is 0 Å². The number of hydrogen-bond acceptors (Lipinski definition) is 4. The number of benzene rings is 1. The van der Waals surface area contributed by atoms with E-state index < -0.39 is 24.0 Å². The number of phenols is 1. The fourth-order valence-corrected chi connectivity index (χ4v) is 1.74. The van der Waals surface area contributed by atoms with Crippen molar-refractivity contribution in [2.45, 2.75) is 12.5 Å². The van der Waals surface area contributed by atoms with E-state index in [0.717, 1.165) is 0 Å². The van der Waals surface area contributed by atoms with Crippen LogP contribution in [-0.4, -0.2) is 22.2 Å². The summed E-state index contributed by atoms with van der Waals surface area (Å²) in [6.07, 6.45) is -0.869. The first kappa shape index (κ1) is 10.5. The number of hydrogen-bond donors (Lipinski definition) is 2. The first-order valence-electron chi connectivity index (χ1n) is 4.79. The number of cyclic esters (lactones) is 1. The first-order chi connectivity index (χ1) is 7.58. The minimum Gasteiger partial charge on any atom is -0.508 e. The van der Waals surface area contributed by atoms with Gasteiger partial charge < -0.3 is 14.9 Å². The Bertz CT molecular complexity index is 423. The summed E-state index contributed by atoms with van der Waals surface area (Å²) < 4.78 is 4.96. The highest BCUT2D eigenvalue weighted by molar-refractivity contribution is 5.82. The van der Waals surface area contributed by atoms with Gasteiger partial charge in [0, 0.05) is 0 Å². The fourth-order valence-electron chi connectivity index (χ4n) is 1.74. The van der Waals surface area contributed by atoms with Gasteiger partial charge in [-0.05, 0) is 17.7 Å². The van der Waals surface area contributed by atoms with E-state index in [1.165, 1.54) is 12.1 Å². The highest BCUT2D eigenvalue weighted by Crippen LogP contribution is 2.35. The lowest BCUT2D eigenvalue weighted by Gasteiger charge is -2.14. The average molecular weight is 222 g/mol. The molecule has 2 atom stereocenters. The summed E-state index contributed by atoms with van der Waals surface area (Å²) in [6.45, 7) is 0. The minimum absolute atomic E-state index is 0.0833. The maximum atomic E-state index is 11.1. The van der Waals surface area contributed by atoms with Crippen molar-refractivity contribution in [3.63, 3.8) is 0 Å². The number of aromatic hydroxyl groups is 1. The van der Waals surface area contributed by atoms with Crippen molar-refractivity contribution in [2.24, 2.45) is 5.92 Å². The number of ether oxygens (including phenoxy) is 1. The average Bonchev–Trinajstić information content (AvgIpc) is 2.61. The summed E-state index contributed by atoms with van der Waals surface area (Å²) in [5, 5.41) is 18.0. The van der Waals surface area contributed by atoms with Gasteiger partial charge in [-0.3, -0.25) is 9.59 Å². The molecule has 1 aromatic carbocycles. The molecule has 0 bridgehead atoms. The number of phenolic OH excluding ortho intramolecular Hbond substituents is 1. The Hall–Kier alpha value is -2.04. The molecule has 1 heterocycles. The predicted octanol–water partition coefficient (Wildman–Crippen LogP) is 1.08. The van der Waals surface area contributed by atoms with E-state index in [2.05, 4.69) is 0 Å². The van der Waals surface area contributed by atoms with E-state index in [-0.39, 0.29) is 12.2 Å². The number of aliphatic carboxylic acids is 1. The molecule has 0 spiro atoms. The van der Waals surface area contributed by atoms with E-state index in [1.54, 1.807) is 12.1 Å². The number of carboxylic acid groups (broad SMARTS) is 1. The van der Waals surface area contributed by atoms with Crippen LogP contribution in [-0.2, 0) is 14.3 Å². The standard InChI is InChI=1S/C11H10O5/c12-7-3-1-6(2-4-7)10-8(11(14)15)5-9(13)16-10/h1-4,8,10,12H,5H2,(H,14,15)/t8-,10+/m0/s1. The summed E-state index contributed by atoms with van der Waals surface area (Å²) in [4.78, 5) is 22.0. The molecule has 0 amide bonds. The quantitative estimate of drug-likeness (QED) is 0.731. The van der Waals surface area contributed by atoms with Crippen molar-refractivity contribution < 1.29 is 24.5 Å². The lowest BCUT2D eigenvalue weighted by Crippen LogP contribution is -2.17. The van der Waals surface area contributed by atoms with Gasteiger partial charge in [-0.15, -0.1) is 0 Å². The van der Waals surface area contributed by atoms with Crippen LogP contribution >= 0.6 is 0 Å². The van der Waals surface area contributed by atoms with Crippen molar-refractivity contribution in [3.05, 3.63) is 29.8 Å². The number of rotatable bonds is 2. The summed E-state index contributed by atoms with van der Waals surface area (Å²) in [6, 6.07) is 5.96. The van der Waals surface area contributed by atoms with Crippen LogP contribution in [0.3, 0.4) is 0 Å². The van der Waals surface area contributed by atoms with Crippen molar-refractivity contribution in [1.29, 1.82) is 0 Å². The number of carbonyl (C=O) groups excluding carboxylic acids is 1. The third-order valence-electron chi connectivity index (χ3n) is 2.55. The molecule has 0 aromatic heterocycles. The molecule has 5 heteroatoms. The van der Waals surface area contributed by atoms with Gasteiger partial charge in [0.25, 0.3) is 0 Å². The topological polar surface area (TPSA) is 83.8 Å². The van der Waals surface area contributed by atoms with Gasteiger partial charge in [-0.2, -0.15) is 0 Å². The lowest BCUT2D eigenvalue weighted by atomic mass is 9.95. The molecule has 1 aliphatic rings. The molecule has 5 nitrogen and oxygen atoms in total. The normalized spacial score (nSPS) is 24.1. The van der Waals surface area contributed by atoms with Gasteiger partial charge in [0.2, 0.25) is 0 Å². The van der Waals surface area contributed by atoms with Crippen molar-refractivity contribution in [2.75, 3.05) is 0 Å². The summed E-state index contributed by atoms with van der Waals surface area (Å²) in [5.41, 5.74) is 0.580. The number of esters is 1. The van der Waals surface area contributed by atoms with Crippen LogP contribution < -0.4 is 0 Å². The maximum Gasteiger partial charge on any atom is 0.311 e. The van der Waals surface area contributed by atoms with Crippen LogP contribution in [0.25, 0.3) is 0 Å². The minimum atomic E-state index is -1.05. The van der Waals surface area contributed by atoms with Crippen LogP contribution in [0.5, 0.6) is 5.75 Å². The Morgan fingerprint density at radius 3 is 2.50 bits per heavy atom. The summed E-state index contributed by atoms with van der Waals surface area (Å²) in [7, 11) is 0. The van der Waals surface area contributed by atoms with Crippen LogP contribution in [0.4, 0.5) is 0 Å². The molecule has 84 valence electrons. The number of carboxylic acids is 1. The molecule has 2 rings (SSSR count). The van der Waals surface area contributed by atoms with Crippen LogP contribution in [0, 0.1) is 5.92 Å². The Morgan fingerprint density at radius 2 is 1.94 bits per heavy atom. The highest BCUT2D eigenvalue weighted by Gasteiger charge is 2.40. The lowest BCUT2D eigenvalue weighted by molar-refractivity contribution is -0.144. The second kappa shape index (κ2) is 3.84. The third-order valence-corrected chi connectivity index (χ3v) is 2.55. The van der Waals surface area contributed by atoms with Gasteiger partial charge in [0.05, 0.1) is 6.42 Å². The zero-order valence-electron chi connectivity index (χ0n) is 8.29. The first-order valence-corrected chi connectivity index (χ1v) is 4.79. The van der Waals surface area contributed by atoms with Gasteiger partial charge >= 0.3 is 11.9 Å². The Labute approximate surface area is 91.3 Å². The predicted molar refractivity (Wildman–Crippen MR) is 52.7 cm³/mol. The van der Waals surface area contributed by atoms with Crippen molar-refractivity contribution in [1.82, 2.24) is 0 Å². The van der Waals surface area contributed by atoms with Gasteiger partial charge in [-0.1, -0.05) is 12.1 Å².